The minimum Gasteiger partial charge on any atom is -0.453 e. The van der Waals surface area contributed by atoms with E-state index >= 15 is 0 Å². The van der Waals surface area contributed by atoms with Gasteiger partial charge in [0, 0.05) is 24.7 Å². The zero-order chi connectivity index (χ0) is 22.1. The van der Waals surface area contributed by atoms with Gasteiger partial charge in [0.2, 0.25) is 5.91 Å². The van der Waals surface area contributed by atoms with Gasteiger partial charge in [0.25, 0.3) is 0 Å². The van der Waals surface area contributed by atoms with Crippen molar-refractivity contribution in [3.63, 3.8) is 0 Å². The summed E-state index contributed by atoms with van der Waals surface area (Å²) in [6.45, 7) is 4.98. The van der Waals surface area contributed by atoms with Gasteiger partial charge in [-0.05, 0) is 36.1 Å². The first-order chi connectivity index (χ1) is 15.6. The molecule has 5 rings (SSSR count). The molecule has 2 aliphatic heterocycles. The van der Waals surface area contributed by atoms with Gasteiger partial charge in [0.1, 0.15) is 17.6 Å². The summed E-state index contributed by atoms with van der Waals surface area (Å²) in [5.74, 6) is 2.55. The number of amides is 1. The molecule has 0 radical (unpaired) electrons. The van der Waals surface area contributed by atoms with Crippen LogP contribution in [0.25, 0.3) is 0 Å². The molecule has 1 atom stereocenters. The molecule has 1 aromatic heterocycles. The molecular weight excluding hydrogens is 422 g/mol. The molecule has 1 fully saturated rings. The number of nitrogens with one attached hydrogen (secondary N) is 1. The molecule has 6 heteroatoms. The second kappa shape index (κ2) is 8.99. The van der Waals surface area contributed by atoms with Crippen LogP contribution in [0, 0.1) is 5.92 Å². The lowest BCUT2D eigenvalue weighted by Crippen LogP contribution is -2.44. The van der Waals surface area contributed by atoms with E-state index in [0.717, 1.165) is 35.4 Å². The van der Waals surface area contributed by atoms with Gasteiger partial charge in [0.15, 0.2) is 5.76 Å². The number of benzene rings is 1. The number of fused-ring (bicyclic) bond motifs is 1. The Hall–Kier alpha value is -2.79. The number of carbonyl (C=O) groups is 1. The van der Waals surface area contributed by atoms with Crippen LogP contribution in [0.2, 0.25) is 5.02 Å². The Morgan fingerprint density at radius 3 is 2.84 bits per heavy atom. The van der Waals surface area contributed by atoms with Crippen LogP contribution in [0.3, 0.4) is 0 Å². The third kappa shape index (κ3) is 4.14. The van der Waals surface area contributed by atoms with Gasteiger partial charge in [-0.25, -0.2) is 4.98 Å². The smallest absolute Gasteiger partial charge is 0.248 e. The van der Waals surface area contributed by atoms with Crippen LogP contribution in [-0.4, -0.2) is 28.4 Å². The molecule has 1 aliphatic carbocycles. The Labute approximate surface area is 194 Å². The standard InChI is InChI=1S/C26H28ClN3O2/c1-17-24-20(15-19-10-7-11-21(27)25(19)32-24)16-30(17)22(14-18-8-3-2-4-9-18)26(31)29-23-12-5-6-13-28-23/h5-7,10-13,18,22H,1-4,8-9,14-16H2,(H,28,29,31)/t22-/m0/s1. The molecule has 166 valence electrons. The summed E-state index contributed by atoms with van der Waals surface area (Å²) in [6.07, 6.45) is 9.40. The van der Waals surface area contributed by atoms with Crippen LogP contribution in [-0.2, 0) is 11.2 Å². The minimum atomic E-state index is -0.319. The second-order valence-electron chi connectivity index (χ2n) is 8.97. The first-order valence-electron chi connectivity index (χ1n) is 11.4. The maximum atomic E-state index is 13.5. The predicted octanol–water partition coefficient (Wildman–Crippen LogP) is 5.73. The Morgan fingerprint density at radius 1 is 1.22 bits per heavy atom. The number of carbonyl (C=O) groups excluding carboxylic acids is 1. The van der Waals surface area contributed by atoms with Crippen LogP contribution in [0.1, 0.15) is 44.1 Å². The number of pyridine rings is 1. The molecule has 0 saturated heterocycles. The molecule has 1 N–H and O–H groups in total. The summed E-state index contributed by atoms with van der Waals surface area (Å²) in [7, 11) is 0. The Morgan fingerprint density at radius 2 is 2.06 bits per heavy atom. The van der Waals surface area contributed by atoms with E-state index in [1.54, 1.807) is 6.20 Å². The van der Waals surface area contributed by atoms with Crippen molar-refractivity contribution in [1.82, 2.24) is 9.88 Å². The highest BCUT2D eigenvalue weighted by Crippen LogP contribution is 2.43. The highest BCUT2D eigenvalue weighted by Gasteiger charge is 2.39. The average Bonchev–Trinajstić information content (AvgIpc) is 3.13. The summed E-state index contributed by atoms with van der Waals surface area (Å²) in [4.78, 5) is 19.9. The molecule has 3 heterocycles. The molecule has 0 spiro atoms. The summed E-state index contributed by atoms with van der Waals surface area (Å²) >= 11 is 6.39. The number of ether oxygens (including phenoxy) is 1. The zero-order valence-corrected chi connectivity index (χ0v) is 18.9. The molecule has 1 amide bonds. The number of para-hydroxylation sites is 1. The van der Waals surface area contributed by atoms with E-state index in [1.165, 1.54) is 32.1 Å². The monoisotopic (exact) mass is 449 g/mol. The number of hydrogen-bond acceptors (Lipinski definition) is 4. The average molecular weight is 450 g/mol. The minimum absolute atomic E-state index is 0.0363. The van der Waals surface area contributed by atoms with E-state index in [0.29, 0.717) is 29.1 Å². The van der Waals surface area contributed by atoms with Crippen LogP contribution >= 0.6 is 11.6 Å². The van der Waals surface area contributed by atoms with Gasteiger partial charge in [-0.2, -0.15) is 0 Å². The molecule has 0 bridgehead atoms. The molecule has 32 heavy (non-hydrogen) atoms. The summed E-state index contributed by atoms with van der Waals surface area (Å²) < 4.78 is 6.23. The van der Waals surface area contributed by atoms with Gasteiger partial charge in [-0.15, -0.1) is 0 Å². The van der Waals surface area contributed by atoms with E-state index in [2.05, 4.69) is 21.8 Å². The molecule has 2 aromatic rings. The fraction of sp³-hybridized carbons (Fsp3) is 0.385. The number of aromatic nitrogens is 1. The first-order valence-corrected chi connectivity index (χ1v) is 11.8. The van der Waals surface area contributed by atoms with Crippen molar-refractivity contribution >= 4 is 23.3 Å². The summed E-state index contributed by atoms with van der Waals surface area (Å²) in [5, 5.41) is 3.63. The molecule has 0 unspecified atom stereocenters. The lowest BCUT2D eigenvalue weighted by atomic mass is 9.84. The largest absolute Gasteiger partial charge is 0.453 e. The van der Waals surface area contributed by atoms with Gasteiger partial charge in [-0.3, -0.25) is 4.79 Å². The van der Waals surface area contributed by atoms with Crippen molar-refractivity contribution in [2.45, 2.75) is 51.0 Å². The van der Waals surface area contributed by atoms with Gasteiger partial charge in [-0.1, -0.05) is 68.5 Å². The topological polar surface area (TPSA) is 54.5 Å². The lowest BCUT2D eigenvalue weighted by Gasteiger charge is -2.33. The summed E-state index contributed by atoms with van der Waals surface area (Å²) in [6, 6.07) is 11.1. The third-order valence-electron chi connectivity index (χ3n) is 6.82. The normalized spacial score (nSPS) is 19.3. The number of halogens is 1. The van der Waals surface area contributed by atoms with Gasteiger partial charge < -0.3 is 15.0 Å². The van der Waals surface area contributed by atoms with Crippen molar-refractivity contribution in [3.8, 4) is 5.75 Å². The molecule has 3 aliphatic rings. The van der Waals surface area contributed by atoms with Crippen molar-refractivity contribution < 1.29 is 9.53 Å². The van der Waals surface area contributed by atoms with E-state index in [1.807, 2.05) is 36.4 Å². The molecule has 1 aromatic carbocycles. The highest BCUT2D eigenvalue weighted by atomic mass is 35.5. The Balaban J connectivity index is 1.38. The third-order valence-corrected chi connectivity index (χ3v) is 7.12. The molecule has 5 nitrogen and oxygen atoms in total. The number of anilines is 1. The summed E-state index contributed by atoms with van der Waals surface area (Å²) in [5.41, 5.74) is 3.00. The number of hydrogen-bond donors (Lipinski definition) is 1. The van der Waals surface area contributed by atoms with E-state index < -0.39 is 0 Å². The molecular formula is C26H28ClN3O2. The first kappa shape index (κ1) is 21.1. The Bertz CT molecular complexity index is 1060. The fourth-order valence-electron chi connectivity index (χ4n) is 5.17. The van der Waals surface area contributed by atoms with Crippen molar-refractivity contribution in [2.75, 3.05) is 11.9 Å². The van der Waals surface area contributed by atoms with Crippen molar-refractivity contribution in [3.05, 3.63) is 76.8 Å². The SMILES string of the molecule is C=C1C2=C(Cc3cccc(Cl)c3O2)CN1[C@@H](CC1CCCCC1)C(=O)Nc1ccccn1. The maximum absolute atomic E-state index is 13.5. The van der Waals surface area contributed by atoms with Crippen molar-refractivity contribution in [2.24, 2.45) is 5.92 Å². The number of nitrogens with zero attached hydrogens (tertiary/aromatic N) is 2. The van der Waals surface area contributed by atoms with E-state index in [9.17, 15) is 4.79 Å². The van der Waals surface area contributed by atoms with Gasteiger partial charge >= 0.3 is 0 Å². The highest BCUT2D eigenvalue weighted by molar-refractivity contribution is 6.32. The van der Waals surface area contributed by atoms with Crippen LogP contribution in [0.5, 0.6) is 5.75 Å². The second-order valence-corrected chi connectivity index (χ2v) is 9.38. The predicted molar refractivity (Wildman–Crippen MR) is 127 cm³/mol. The van der Waals surface area contributed by atoms with Crippen LogP contribution < -0.4 is 10.1 Å². The fourth-order valence-corrected chi connectivity index (χ4v) is 5.41. The lowest BCUT2D eigenvalue weighted by molar-refractivity contribution is -0.121. The molecule has 1 saturated carbocycles. The quantitative estimate of drug-likeness (QED) is 0.633. The van der Waals surface area contributed by atoms with Gasteiger partial charge in [0.05, 0.1) is 10.7 Å². The van der Waals surface area contributed by atoms with E-state index in [-0.39, 0.29) is 11.9 Å². The number of rotatable bonds is 5. The zero-order valence-electron chi connectivity index (χ0n) is 18.1. The van der Waals surface area contributed by atoms with Crippen LogP contribution in [0.15, 0.2) is 66.2 Å². The Kier molecular flexibility index (Phi) is 5.92. The maximum Gasteiger partial charge on any atom is 0.248 e. The van der Waals surface area contributed by atoms with Crippen LogP contribution in [0.4, 0.5) is 5.82 Å². The van der Waals surface area contributed by atoms with E-state index in [4.69, 9.17) is 16.3 Å². The van der Waals surface area contributed by atoms with Crippen molar-refractivity contribution in [1.29, 1.82) is 0 Å².